The van der Waals surface area contributed by atoms with Crippen LogP contribution < -0.4 is 9.47 Å². The molecule has 94 valence electrons. The predicted octanol–water partition coefficient (Wildman–Crippen LogP) is 2.41. The molecule has 2 rings (SSSR count). The predicted molar refractivity (Wildman–Crippen MR) is 63.5 cm³/mol. The third-order valence-corrected chi connectivity index (χ3v) is 3.47. The highest BCUT2D eigenvalue weighted by molar-refractivity contribution is 9.10. The van der Waals surface area contributed by atoms with Gasteiger partial charge in [-0.3, -0.25) is 0 Å². The number of hydrogen-bond donors (Lipinski definition) is 0. The number of rotatable bonds is 2. The molecule has 0 bridgehead atoms. The van der Waals surface area contributed by atoms with Gasteiger partial charge in [-0.05, 0) is 33.6 Å². The Morgan fingerprint density at radius 1 is 1.29 bits per heavy atom. The van der Waals surface area contributed by atoms with Gasteiger partial charge in [-0.25, -0.2) is 0 Å². The van der Waals surface area contributed by atoms with Crippen molar-refractivity contribution in [3.63, 3.8) is 0 Å². The molecule has 0 radical (unpaired) electrons. The molecule has 7 heteroatoms. The fourth-order valence-electron chi connectivity index (χ4n) is 1.57. The summed E-state index contributed by atoms with van der Waals surface area (Å²) in [5.74, 6) is 0.306. The average Bonchev–Trinajstić information content (AvgIpc) is 2.40. The molecule has 0 amide bonds. The molecule has 0 atom stereocenters. The van der Waals surface area contributed by atoms with Crippen molar-refractivity contribution in [1.82, 2.24) is 0 Å². The van der Waals surface area contributed by atoms with Gasteiger partial charge in [-0.2, -0.15) is 8.42 Å². The van der Waals surface area contributed by atoms with Gasteiger partial charge >= 0.3 is 10.2 Å². The number of fused-ring (bicyclic) bond motifs is 1. The lowest BCUT2D eigenvalue weighted by Gasteiger charge is -2.10. The lowest BCUT2D eigenvalue weighted by atomic mass is 10.2. The number of hydrogen-bond acceptors (Lipinski definition) is 4. The van der Waals surface area contributed by atoms with Crippen molar-refractivity contribution >= 4 is 26.2 Å². The molecule has 0 unspecified atom stereocenters. The van der Waals surface area contributed by atoms with Gasteiger partial charge in [0.15, 0.2) is 11.5 Å². The topological polar surface area (TPSA) is 52.6 Å². The second-order valence-electron chi connectivity index (χ2n) is 3.64. The maximum Gasteiger partial charge on any atom is 0.306 e. The average molecular weight is 325 g/mol. The molecule has 1 aliphatic heterocycles. The van der Waals surface area contributed by atoms with E-state index < -0.39 is 16.0 Å². The van der Waals surface area contributed by atoms with Crippen molar-refractivity contribution < 1.29 is 21.8 Å². The Kier molecular flexibility index (Phi) is 3.58. The summed E-state index contributed by atoms with van der Waals surface area (Å²) >= 11 is 3.25. The van der Waals surface area contributed by atoms with Crippen LogP contribution in [-0.4, -0.2) is 21.6 Å². The molecule has 4 nitrogen and oxygen atoms in total. The first kappa shape index (κ1) is 12.6. The molecule has 1 aliphatic rings. The fourth-order valence-corrected chi connectivity index (χ4v) is 2.74. The van der Waals surface area contributed by atoms with Crippen molar-refractivity contribution in [1.29, 1.82) is 0 Å². The van der Waals surface area contributed by atoms with Crippen molar-refractivity contribution in [2.45, 2.75) is 12.2 Å². The summed E-state index contributed by atoms with van der Waals surface area (Å²) in [6, 6.07) is 3.01. The minimum Gasteiger partial charge on any atom is -0.490 e. The van der Waals surface area contributed by atoms with Crippen molar-refractivity contribution in [2.75, 3.05) is 13.2 Å². The normalized spacial score (nSPS) is 15.4. The number of halogens is 2. The molecule has 0 saturated carbocycles. The van der Waals surface area contributed by atoms with E-state index in [-0.39, 0.29) is 0 Å². The quantitative estimate of drug-likeness (QED) is 0.784. The first-order chi connectivity index (χ1) is 7.96. The van der Waals surface area contributed by atoms with Crippen LogP contribution in [0.4, 0.5) is 3.89 Å². The highest BCUT2D eigenvalue weighted by Crippen LogP contribution is 2.38. The van der Waals surface area contributed by atoms with Gasteiger partial charge in [-0.15, -0.1) is 3.89 Å². The lowest BCUT2D eigenvalue weighted by Crippen LogP contribution is -1.99. The zero-order valence-corrected chi connectivity index (χ0v) is 11.2. The Hall–Kier alpha value is -0.820. The Bertz CT molecular complexity index is 529. The Balaban J connectivity index is 2.39. The summed E-state index contributed by atoms with van der Waals surface area (Å²) in [7, 11) is -4.55. The zero-order chi connectivity index (χ0) is 12.5. The summed E-state index contributed by atoms with van der Waals surface area (Å²) in [5.41, 5.74) is 0.323. The van der Waals surface area contributed by atoms with E-state index in [0.717, 1.165) is 6.42 Å². The van der Waals surface area contributed by atoms with Crippen LogP contribution in [0.3, 0.4) is 0 Å². The monoisotopic (exact) mass is 324 g/mol. The standard InChI is InChI=1S/C10H10BrFO4S/c11-8-4-7(6-17(12,13)14)5-9-10(8)16-3-1-2-15-9/h4-5H,1-3,6H2. The molecule has 0 aliphatic carbocycles. The van der Waals surface area contributed by atoms with E-state index >= 15 is 0 Å². The van der Waals surface area contributed by atoms with Crippen LogP contribution in [0, 0.1) is 0 Å². The first-order valence-electron chi connectivity index (χ1n) is 4.96. The largest absolute Gasteiger partial charge is 0.490 e. The van der Waals surface area contributed by atoms with Crippen molar-refractivity contribution in [2.24, 2.45) is 0 Å². The minimum atomic E-state index is -4.55. The van der Waals surface area contributed by atoms with Gasteiger partial charge in [0.25, 0.3) is 0 Å². The summed E-state index contributed by atoms with van der Waals surface area (Å²) in [4.78, 5) is 0. The van der Waals surface area contributed by atoms with Gasteiger partial charge in [0.2, 0.25) is 0 Å². The van der Waals surface area contributed by atoms with E-state index in [1.807, 2.05) is 0 Å². The van der Waals surface area contributed by atoms with Crippen LogP contribution in [0.2, 0.25) is 0 Å². The van der Waals surface area contributed by atoms with Crippen LogP contribution in [0.25, 0.3) is 0 Å². The molecule has 1 aromatic rings. The highest BCUT2D eigenvalue weighted by Gasteiger charge is 2.18. The second kappa shape index (κ2) is 4.81. The summed E-state index contributed by atoms with van der Waals surface area (Å²) < 4.78 is 45.2. The molecule has 17 heavy (non-hydrogen) atoms. The molecule has 1 aromatic carbocycles. The Morgan fingerprint density at radius 2 is 2.00 bits per heavy atom. The number of ether oxygens (including phenoxy) is 2. The molecule has 0 aromatic heterocycles. The van der Waals surface area contributed by atoms with Crippen molar-refractivity contribution in [3.8, 4) is 11.5 Å². The summed E-state index contributed by atoms with van der Waals surface area (Å²) in [6.45, 7) is 1.03. The molecular formula is C10H10BrFO4S. The Labute approximate surface area is 107 Å². The van der Waals surface area contributed by atoms with Crippen LogP contribution in [-0.2, 0) is 16.0 Å². The van der Waals surface area contributed by atoms with Crippen LogP contribution in [0.5, 0.6) is 11.5 Å². The first-order valence-corrected chi connectivity index (χ1v) is 7.30. The molecule has 0 spiro atoms. The van der Waals surface area contributed by atoms with Gasteiger partial charge in [0, 0.05) is 6.42 Å². The zero-order valence-electron chi connectivity index (χ0n) is 8.78. The van der Waals surface area contributed by atoms with E-state index in [9.17, 15) is 12.3 Å². The SMILES string of the molecule is O=S(=O)(F)Cc1cc(Br)c2c(c1)OCCCO2. The smallest absolute Gasteiger partial charge is 0.306 e. The molecular weight excluding hydrogens is 315 g/mol. The van der Waals surface area contributed by atoms with E-state index in [1.54, 1.807) is 0 Å². The number of benzene rings is 1. The highest BCUT2D eigenvalue weighted by atomic mass is 79.9. The molecule has 1 heterocycles. The fraction of sp³-hybridized carbons (Fsp3) is 0.400. The van der Waals surface area contributed by atoms with E-state index in [4.69, 9.17) is 9.47 Å². The summed E-state index contributed by atoms with van der Waals surface area (Å²) in [6.07, 6.45) is 0.748. The van der Waals surface area contributed by atoms with Crippen LogP contribution >= 0.6 is 15.9 Å². The van der Waals surface area contributed by atoms with E-state index in [2.05, 4.69) is 15.9 Å². The summed E-state index contributed by atoms with van der Waals surface area (Å²) in [5, 5.41) is 0. The van der Waals surface area contributed by atoms with Gasteiger partial charge in [0.05, 0.1) is 17.7 Å². The van der Waals surface area contributed by atoms with Crippen molar-refractivity contribution in [3.05, 3.63) is 22.2 Å². The molecule has 0 saturated heterocycles. The minimum absolute atomic E-state index is 0.323. The van der Waals surface area contributed by atoms with E-state index in [0.29, 0.717) is 34.7 Å². The maximum atomic E-state index is 12.6. The van der Waals surface area contributed by atoms with Gasteiger partial charge in [0.1, 0.15) is 5.75 Å². The molecule has 0 fully saturated rings. The lowest BCUT2D eigenvalue weighted by molar-refractivity contribution is 0.296. The Morgan fingerprint density at radius 3 is 2.71 bits per heavy atom. The van der Waals surface area contributed by atoms with Crippen LogP contribution in [0.1, 0.15) is 12.0 Å². The third kappa shape index (κ3) is 3.32. The van der Waals surface area contributed by atoms with E-state index in [1.165, 1.54) is 12.1 Å². The van der Waals surface area contributed by atoms with Crippen LogP contribution in [0.15, 0.2) is 16.6 Å². The van der Waals surface area contributed by atoms with Gasteiger partial charge in [-0.1, -0.05) is 0 Å². The third-order valence-electron chi connectivity index (χ3n) is 2.20. The maximum absolute atomic E-state index is 12.6. The second-order valence-corrected chi connectivity index (χ2v) is 5.86. The van der Waals surface area contributed by atoms with Gasteiger partial charge < -0.3 is 9.47 Å². The molecule has 0 N–H and O–H groups in total.